The Morgan fingerprint density at radius 1 is 1.40 bits per heavy atom. The van der Waals surface area contributed by atoms with E-state index in [-0.39, 0.29) is 0 Å². The molecule has 1 fully saturated rings. The van der Waals surface area contributed by atoms with E-state index in [4.69, 9.17) is 10.5 Å². The molecule has 15 heavy (non-hydrogen) atoms. The van der Waals surface area contributed by atoms with E-state index in [1.54, 1.807) is 0 Å². The molecule has 0 unspecified atom stereocenters. The van der Waals surface area contributed by atoms with Gasteiger partial charge in [0.2, 0.25) is 0 Å². The zero-order chi connectivity index (χ0) is 10.9. The molecule has 0 atom stereocenters. The highest BCUT2D eigenvalue weighted by Gasteiger charge is 2.18. The minimum atomic E-state index is 0.469. The third-order valence-electron chi connectivity index (χ3n) is 2.89. The number of hydrogen-bond acceptors (Lipinski definition) is 3. The average Bonchev–Trinajstić information content (AvgIpc) is 2.28. The first-order valence-corrected chi connectivity index (χ1v) is 6.01. The van der Waals surface area contributed by atoms with Crippen LogP contribution in [-0.4, -0.2) is 43.8 Å². The summed E-state index contributed by atoms with van der Waals surface area (Å²) in [6, 6.07) is 0. The van der Waals surface area contributed by atoms with Gasteiger partial charge >= 0.3 is 0 Å². The van der Waals surface area contributed by atoms with Crippen LogP contribution in [0.4, 0.5) is 0 Å². The van der Waals surface area contributed by atoms with Crippen LogP contribution in [-0.2, 0) is 4.74 Å². The molecule has 1 saturated heterocycles. The second-order valence-electron chi connectivity index (χ2n) is 4.13. The number of nitrogens with zero attached hydrogens (tertiary/aromatic N) is 1. The summed E-state index contributed by atoms with van der Waals surface area (Å²) in [6.45, 7) is 8.80. The molecule has 3 nitrogen and oxygen atoms in total. The summed E-state index contributed by atoms with van der Waals surface area (Å²) in [6.07, 6.45) is 6.87. The summed E-state index contributed by atoms with van der Waals surface area (Å²) in [5.41, 5.74) is 5.42. The third kappa shape index (κ3) is 5.30. The molecule has 0 radical (unpaired) electrons. The molecule has 3 heteroatoms. The number of ether oxygens (including phenoxy) is 1. The fraction of sp³-hybridized carbons (Fsp3) is 0.833. The summed E-state index contributed by atoms with van der Waals surface area (Å²) in [5.74, 6) is 0. The zero-order valence-electron chi connectivity index (χ0n) is 9.66. The number of likely N-dealkylation sites (tertiary alicyclic amines) is 1. The van der Waals surface area contributed by atoms with E-state index in [1.807, 2.05) is 6.08 Å². The first-order chi connectivity index (χ1) is 7.36. The highest BCUT2D eigenvalue weighted by Crippen LogP contribution is 2.13. The molecule has 0 amide bonds. The maximum absolute atomic E-state index is 5.75. The lowest BCUT2D eigenvalue weighted by Gasteiger charge is -2.31. The lowest BCUT2D eigenvalue weighted by Crippen LogP contribution is -2.37. The summed E-state index contributed by atoms with van der Waals surface area (Å²) in [5, 5.41) is 0. The van der Waals surface area contributed by atoms with Gasteiger partial charge in [-0.05, 0) is 32.2 Å². The molecule has 88 valence electrons. The van der Waals surface area contributed by atoms with Crippen molar-refractivity contribution in [2.75, 3.05) is 32.8 Å². The highest BCUT2D eigenvalue weighted by atomic mass is 16.5. The van der Waals surface area contributed by atoms with E-state index in [0.29, 0.717) is 6.10 Å². The molecule has 0 aromatic carbocycles. The Hall–Kier alpha value is -0.380. The Morgan fingerprint density at radius 2 is 2.13 bits per heavy atom. The van der Waals surface area contributed by atoms with Crippen LogP contribution in [0, 0.1) is 0 Å². The first-order valence-electron chi connectivity index (χ1n) is 6.01. The molecule has 0 saturated carbocycles. The van der Waals surface area contributed by atoms with Gasteiger partial charge in [-0.1, -0.05) is 6.08 Å². The van der Waals surface area contributed by atoms with Crippen molar-refractivity contribution in [2.45, 2.75) is 31.8 Å². The normalized spacial score (nSPS) is 19.3. The van der Waals surface area contributed by atoms with Gasteiger partial charge in [0.1, 0.15) is 0 Å². The summed E-state index contributed by atoms with van der Waals surface area (Å²) >= 11 is 0. The van der Waals surface area contributed by atoms with E-state index in [1.165, 1.54) is 25.9 Å². The van der Waals surface area contributed by atoms with Gasteiger partial charge < -0.3 is 15.4 Å². The fourth-order valence-electron chi connectivity index (χ4n) is 1.91. The lowest BCUT2D eigenvalue weighted by atomic mass is 10.1. The molecule has 1 rings (SSSR count). The number of nitrogens with two attached hydrogens (primary N) is 1. The molecule has 1 heterocycles. The first kappa shape index (κ1) is 12.7. The Balaban J connectivity index is 2.04. The largest absolute Gasteiger partial charge is 0.378 e. The molecule has 1 aliphatic heterocycles. The topological polar surface area (TPSA) is 38.5 Å². The summed E-state index contributed by atoms with van der Waals surface area (Å²) in [4.78, 5) is 2.49. The van der Waals surface area contributed by atoms with Gasteiger partial charge in [-0.3, -0.25) is 0 Å². The summed E-state index contributed by atoms with van der Waals surface area (Å²) in [7, 11) is 0. The molecule has 0 aromatic rings. The van der Waals surface area contributed by atoms with E-state index in [2.05, 4.69) is 11.5 Å². The van der Waals surface area contributed by atoms with Crippen molar-refractivity contribution in [2.24, 2.45) is 5.73 Å². The zero-order valence-corrected chi connectivity index (χ0v) is 9.66. The van der Waals surface area contributed by atoms with Gasteiger partial charge in [0.15, 0.2) is 0 Å². The molecule has 0 bridgehead atoms. The Morgan fingerprint density at radius 3 is 2.73 bits per heavy atom. The van der Waals surface area contributed by atoms with Gasteiger partial charge in [0.05, 0.1) is 6.10 Å². The molecule has 0 aromatic heterocycles. The number of rotatable bonds is 7. The SMILES string of the molecule is C=CCCN1CCC(OCCCN)CC1. The smallest absolute Gasteiger partial charge is 0.0599 e. The Bertz CT molecular complexity index is 165. The lowest BCUT2D eigenvalue weighted by molar-refractivity contribution is 0.00764. The second kappa shape index (κ2) is 7.85. The maximum atomic E-state index is 5.75. The van der Waals surface area contributed by atoms with Crippen LogP contribution >= 0.6 is 0 Å². The van der Waals surface area contributed by atoms with E-state index < -0.39 is 0 Å². The fourth-order valence-corrected chi connectivity index (χ4v) is 1.91. The van der Waals surface area contributed by atoms with Crippen molar-refractivity contribution in [3.63, 3.8) is 0 Å². The van der Waals surface area contributed by atoms with Crippen LogP contribution < -0.4 is 5.73 Å². The van der Waals surface area contributed by atoms with Crippen molar-refractivity contribution in [1.29, 1.82) is 0 Å². The van der Waals surface area contributed by atoms with E-state index in [9.17, 15) is 0 Å². The molecule has 0 spiro atoms. The van der Waals surface area contributed by atoms with Gasteiger partial charge in [0.25, 0.3) is 0 Å². The van der Waals surface area contributed by atoms with Crippen LogP contribution in [0.2, 0.25) is 0 Å². The minimum Gasteiger partial charge on any atom is -0.378 e. The van der Waals surface area contributed by atoms with Crippen LogP contribution in [0.3, 0.4) is 0 Å². The molecule has 2 N–H and O–H groups in total. The van der Waals surface area contributed by atoms with Gasteiger partial charge in [-0.2, -0.15) is 0 Å². The van der Waals surface area contributed by atoms with Crippen LogP contribution in [0.5, 0.6) is 0 Å². The van der Waals surface area contributed by atoms with Crippen LogP contribution in [0.15, 0.2) is 12.7 Å². The van der Waals surface area contributed by atoms with Crippen molar-refractivity contribution in [1.82, 2.24) is 4.90 Å². The van der Waals surface area contributed by atoms with E-state index in [0.717, 1.165) is 32.5 Å². The van der Waals surface area contributed by atoms with Crippen molar-refractivity contribution in [3.05, 3.63) is 12.7 Å². The maximum Gasteiger partial charge on any atom is 0.0599 e. The van der Waals surface area contributed by atoms with Gasteiger partial charge in [0, 0.05) is 26.2 Å². The van der Waals surface area contributed by atoms with Crippen molar-refractivity contribution in [3.8, 4) is 0 Å². The molecule has 0 aliphatic carbocycles. The Labute approximate surface area is 93.3 Å². The quantitative estimate of drug-likeness (QED) is 0.512. The average molecular weight is 212 g/mol. The predicted octanol–water partition coefficient (Wildman–Crippen LogP) is 1.39. The van der Waals surface area contributed by atoms with E-state index >= 15 is 0 Å². The second-order valence-corrected chi connectivity index (χ2v) is 4.13. The predicted molar refractivity (Wildman–Crippen MR) is 63.9 cm³/mol. The van der Waals surface area contributed by atoms with Crippen molar-refractivity contribution >= 4 is 0 Å². The summed E-state index contributed by atoms with van der Waals surface area (Å²) < 4.78 is 5.75. The Kier molecular flexibility index (Phi) is 6.64. The molecule has 1 aliphatic rings. The standard InChI is InChI=1S/C12H24N2O/c1-2-3-8-14-9-5-12(6-10-14)15-11-4-7-13/h2,12H,1,3-11,13H2. The number of hydrogen-bond donors (Lipinski definition) is 1. The van der Waals surface area contributed by atoms with Crippen molar-refractivity contribution < 1.29 is 4.74 Å². The van der Waals surface area contributed by atoms with Crippen LogP contribution in [0.25, 0.3) is 0 Å². The number of piperidine rings is 1. The van der Waals surface area contributed by atoms with Crippen LogP contribution in [0.1, 0.15) is 25.7 Å². The molecular weight excluding hydrogens is 188 g/mol. The monoisotopic (exact) mass is 212 g/mol. The molecular formula is C12H24N2O. The minimum absolute atomic E-state index is 0.469. The van der Waals surface area contributed by atoms with Gasteiger partial charge in [-0.15, -0.1) is 6.58 Å². The third-order valence-corrected chi connectivity index (χ3v) is 2.89. The van der Waals surface area contributed by atoms with Gasteiger partial charge in [-0.25, -0.2) is 0 Å². The highest BCUT2D eigenvalue weighted by molar-refractivity contribution is 4.75.